The van der Waals surface area contributed by atoms with Crippen LogP contribution in [-0.2, 0) is 11.3 Å². The van der Waals surface area contributed by atoms with Gasteiger partial charge in [0.15, 0.2) is 0 Å². The first-order valence-corrected chi connectivity index (χ1v) is 7.32. The first kappa shape index (κ1) is 15.0. The second-order valence-electron chi connectivity index (χ2n) is 5.85. The van der Waals surface area contributed by atoms with Gasteiger partial charge in [0.25, 0.3) is 0 Å². The van der Waals surface area contributed by atoms with Gasteiger partial charge in [-0.2, -0.15) is 0 Å². The molecule has 1 aromatic carbocycles. The number of likely N-dealkylation sites (N-methyl/N-ethyl adjacent to an activating group) is 1. The van der Waals surface area contributed by atoms with Crippen molar-refractivity contribution < 1.29 is 4.79 Å². The second-order valence-corrected chi connectivity index (χ2v) is 5.85. The number of benzene rings is 1. The van der Waals surface area contributed by atoms with Crippen molar-refractivity contribution in [3.05, 3.63) is 35.9 Å². The summed E-state index contributed by atoms with van der Waals surface area (Å²) in [6, 6.07) is 10.5. The molecule has 1 saturated heterocycles. The molecule has 0 bridgehead atoms. The molecular formula is C16H25N3O. The molecule has 1 aromatic rings. The van der Waals surface area contributed by atoms with Crippen molar-refractivity contribution in [2.24, 2.45) is 11.7 Å². The maximum Gasteiger partial charge on any atom is 0.236 e. The highest BCUT2D eigenvalue weighted by Crippen LogP contribution is 2.21. The molecular weight excluding hydrogens is 250 g/mol. The Kier molecular flexibility index (Phi) is 5.15. The van der Waals surface area contributed by atoms with Crippen LogP contribution in [0.15, 0.2) is 30.3 Å². The Hall–Kier alpha value is -1.39. The Labute approximate surface area is 121 Å². The normalized spacial score (nSPS) is 22.9. The smallest absolute Gasteiger partial charge is 0.236 e. The van der Waals surface area contributed by atoms with E-state index in [1.54, 1.807) is 4.90 Å². The van der Waals surface area contributed by atoms with E-state index in [2.05, 4.69) is 11.8 Å². The zero-order chi connectivity index (χ0) is 14.5. The highest BCUT2D eigenvalue weighted by atomic mass is 16.2. The molecule has 20 heavy (non-hydrogen) atoms. The van der Waals surface area contributed by atoms with Gasteiger partial charge in [0.1, 0.15) is 0 Å². The van der Waals surface area contributed by atoms with Crippen molar-refractivity contribution in [1.29, 1.82) is 0 Å². The van der Waals surface area contributed by atoms with Crippen molar-refractivity contribution >= 4 is 5.91 Å². The fourth-order valence-corrected chi connectivity index (χ4v) is 2.85. The van der Waals surface area contributed by atoms with Crippen LogP contribution < -0.4 is 5.73 Å². The van der Waals surface area contributed by atoms with Crippen LogP contribution in [0.25, 0.3) is 0 Å². The molecule has 110 valence electrons. The number of nitrogens with zero attached hydrogens (tertiary/aromatic N) is 2. The maximum absolute atomic E-state index is 12.3. The predicted octanol–water partition coefficient (Wildman–Crippen LogP) is 1.31. The molecule has 0 spiro atoms. The van der Waals surface area contributed by atoms with Gasteiger partial charge >= 0.3 is 0 Å². The highest BCUT2D eigenvalue weighted by Gasteiger charge is 2.29. The van der Waals surface area contributed by atoms with E-state index >= 15 is 0 Å². The van der Waals surface area contributed by atoms with E-state index in [-0.39, 0.29) is 5.91 Å². The van der Waals surface area contributed by atoms with Gasteiger partial charge in [0, 0.05) is 26.2 Å². The van der Waals surface area contributed by atoms with Gasteiger partial charge in [-0.25, -0.2) is 0 Å². The summed E-state index contributed by atoms with van der Waals surface area (Å²) < 4.78 is 0. The minimum Gasteiger partial charge on any atom is -0.340 e. The van der Waals surface area contributed by atoms with E-state index in [0.717, 1.165) is 25.1 Å². The van der Waals surface area contributed by atoms with Gasteiger partial charge in [-0.15, -0.1) is 0 Å². The lowest BCUT2D eigenvalue weighted by molar-refractivity contribution is -0.131. The fraction of sp³-hybridized carbons (Fsp3) is 0.562. The first-order valence-electron chi connectivity index (χ1n) is 7.32. The van der Waals surface area contributed by atoms with Crippen LogP contribution in [0, 0.1) is 5.92 Å². The molecule has 1 amide bonds. The first-order chi connectivity index (χ1) is 9.60. The van der Waals surface area contributed by atoms with E-state index in [1.165, 1.54) is 0 Å². The lowest BCUT2D eigenvalue weighted by Gasteiger charge is -2.24. The molecule has 1 heterocycles. The lowest BCUT2D eigenvalue weighted by atomic mass is 10.1. The van der Waals surface area contributed by atoms with Gasteiger partial charge in [-0.3, -0.25) is 9.69 Å². The van der Waals surface area contributed by atoms with Crippen LogP contribution >= 0.6 is 0 Å². The van der Waals surface area contributed by atoms with Crippen LogP contribution in [0.5, 0.6) is 0 Å². The average molecular weight is 275 g/mol. The summed E-state index contributed by atoms with van der Waals surface area (Å²) in [6.45, 7) is 5.01. The number of amides is 1. The lowest BCUT2D eigenvalue weighted by Crippen LogP contribution is -2.39. The predicted molar refractivity (Wildman–Crippen MR) is 81.1 cm³/mol. The third kappa shape index (κ3) is 3.81. The minimum absolute atomic E-state index is 0.179. The Morgan fingerprint density at radius 3 is 2.70 bits per heavy atom. The number of hydrogen-bond donors (Lipinski definition) is 1. The van der Waals surface area contributed by atoms with E-state index in [9.17, 15) is 4.79 Å². The number of rotatable bonds is 5. The molecule has 2 unspecified atom stereocenters. The highest BCUT2D eigenvalue weighted by molar-refractivity contribution is 5.78. The molecule has 2 N–H and O–H groups in total. The van der Waals surface area contributed by atoms with Crippen molar-refractivity contribution in [3.63, 3.8) is 0 Å². The Morgan fingerprint density at radius 2 is 2.10 bits per heavy atom. The number of nitrogens with two attached hydrogens (primary N) is 1. The molecule has 4 heteroatoms. The third-order valence-corrected chi connectivity index (χ3v) is 4.15. The van der Waals surface area contributed by atoms with E-state index in [0.29, 0.717) is 25.0 Å². The van der Waals surface area contributed by atoms with E-state index in [4.69, 9.17) is 5.73 Å². The fourth-order valence-electron chi connectivity index (χ4n) is 2.85. The zero-order valence-corrected chi connectivity index (χ0v) is 12.5. The third-order valence-electron chi connectivity index (χ3n) is 4.15. The maximum atomic E-state index is 12.3. The summed E-state index contributed by atoms with van der Waals surface area (Å²) >= 11 is 0. The van der Waals surface area contributed by atoms with Gasteiger partial charge in [-0.05, 0) is 31.4 Å². The van der Waals surface area contributed by atoms with Gasteiger partial charge in [0.2, 0.25) is 5.91 Å². The summed E-state index contributed by atoms with van der Waals surface area (Å²) in [5.41, 5.74) is 6.89. The molecule has 4 nitrogen and oxygen atoms in total. The summed E-state index contributed by atoms with van der Waals surface area (Å²) in [6.07, 6.45) is 1.10. The summed E-state index contributed by atoms with van der Waals surface area (Å²) in [5.74, 6) is 0.718. The number of carbonyl (C=O) groups excluding carboxylic acids is 1. The molecule has 0 aromatic heterocycles. The van der Waals surface area contributed by atoms with Crippen LogP contribution in [0.3, 0.4) is 0 Å². The molecule has 2 atom stereocenters. The molecule has 1 aliphatic rings. The quantitative estimate of drug-likeness (QED) is 0.881. The van der Waals surface area contributed by atoms with E-state index < -0.39 is 0 Å². The van der Waals surface area contributed by atoms with Gasteiger partial charge < -0.3 is 10.6 Å². The Bertz CT molecular complexity index is 435. The largest absolute Gasteiger partial charge is 0.340 e. The molecule has 1 aliphatic heterocycles. The number of hydrogen-bond acceptors (Lipinski definition) is 3. The monoisotopic (exact) mass is 275 g/mol. The molecule has 0 aliphatic carbocycles. The van der Waals surface area contributed by atoms with Crippen LogP contribution in [-0.4, -0.2) is 48.4 Å². The topological polar surface area (TPSA) is 49.6 Å². The van der Waals surface area contributed by atoms with Crippen molar-refractivity contribution in [2.75, 3.05) is 26.7 Å². The average Bonchev–Trinajstić information content (AvgIpc) is 2.80. The summed E-state index contributed by atoms with van der Waals surface area (Å²) in [7, 11) is 1.87. The van der Waals surface area contributed by atoms with Crippen LogP contribution in [0.1, 0.15) is 18.9 Å². The van der Waals surface area contributed by atoms with Gasteiger partial charge in [-0.1, -0.05) is 30.3 Å². The number of carbonyl (C=O) groups is 1. The van der Waals surface area contributed by atoms with Crippen molar-refractivity contribution in [1.82, 2.24) is 9.80 Å². The molecule has 0 radical (unpaired) electrons. The molecule has 2 rings (SSSR count). The number of likely N-dealkylation sites (tertiary alicyclic amines) is 1. The van der Waals surface area contributed by atoms with Crippen LogP contribution in [0.2, 0.25) is 0 Å². The zero-order valence-electron chi connectivity index (χ0n) is 12.5. The van der Waals surface area contributed by atoms with Gasteiger partial charge in [0.05, 0.1) is 6.54 Å². The standard InChI is InChI=1S/C16H25N3O/c1-13-8-15(9-17)11-19(13)12-16(20)18(2)10-14-6-4-3-5-7-14/h3-7,13,15H,8-12,17H2,1-2H3. The summed E-state index contributed by atoms with van der Waals surface area (Å²) in [5, 5.41) is 0. The molecule has 0 saturated carbocycles. The summed E-state index contributed by atoms with van der Waals surface area (Å²) in [4.78, 5) is 16.4. The van der Waals surface area contributed by atoms with Crippen molar-refractivity contribution in [2.45, 2.75) is 25.9 Å². The second kappa shape index (κ2) is 6.86. The SMILES string of the molecule is CC1CC(CN)CN1CC(=O)N(C)Cc1ccccc1. The Morgan fingerprint density at radius 1 is 1.40 bits per heavy atom. The minimum atomic E-state index is 0.179. The van der Waals surface area contributed by atoms with Crippen molar-refractivity contribution in [3.8, 4) is 0 Å². The Balaban J connectivity index is 1.85. The van der Waals surface area contributed by atoms with Crippen LogP contribution in [0.4, 0.5) is 0 Å². The van der Waals surface area contributed by atoms with E-state index in [1.807, 2.05) is 37.4 Å². The molecule has 1 fully saturated rings.